The number of ether oxygens (including phenoxy) is 2. The molecule has 1 spiro atoms. The summed E-state index contributed by atoms with van der Waals surface area (Å²) in [4.78, 5) is 46.1. The number of carbonyl (C=O) groups is 3. The average molecular weight is 573 g/mol. The number of fused-ring (bicyclic) bond motifs is 1. The molecule has 0 saturated carbocycles. The number of amides is 2. The van der Waals surface area contributed by atoms with Crippen LogP contribution in [0.15, 0.2) is 73.8 Å². The minimum absolute atomic E-state index is 0.0123. The Morgan fingerprint density at radius 3 is 2.57 bits per heavy atom. The zero-order valence-electron chi connectivity index (χ0n) is 24.6. The van der Waals surface area contributed by atoms with Gasteiger partial charge in [0.05, 0.1) is 24.2 Å². The van der Waals surface area contributed by atoms with Crippen LogP contribution in [0.25, 0.3) is 0 Å². The van der Waals surface area contributed by atoms with E-state index in [1.807, 2.05) is 69.3 Å². The molecular weight excluding hydrogens is 532 g/mol. The van der Waals surface area contributed by atoms with Gasteiger partial charge >= 0.3 is 5.97 Å². The average Bonchev–Trinajstić information content (AvgIpc) is 3.55. The Bertz CT molecular complexity index is 1390. The molecule has 222 valence electrons. The van der Waals surface area contributed by atoms with Gasteiger partial charge in [0.2, 0.25) is 5.91 Å². The van der Waals surface area contributed by atoms with Gasteiger partial charge in [0.1, 0.15) is 24.2 Å². The highest BCUT2D eigenvalue weighted by Gasteiger charge is 2.79. The summed E-state index contributed by atoms with van der Waals surface area (Å²) in [6.45, 7) is 13.1. The second-order valence-corrected chi connectivity index (χ2v) is 11.9. The maximum Gasteiger partial charge on any atom is 0.313 e. The van der Waals surface area contributed by atoms with E-state index in [0.717, 1.165) is 22.4 Å². The van der Waals surface area contributed by atoms with Crippen LogP contribution in [0.1, 0.15) is 36.5 Å². The second kappa shape index (κ2) is 11.5. The zero-order chi connectivity index (χ0) is 30.2. The Morgan fingerprint density at radius 1 is 1.17 bits per heavy atom. The fourth-order valence-electron chi connectivity index (χ4n) is 7.36. The van der Waals surface area contributed by atoms with Gasteiger partial charge in [-0.2, -0.15) is 0 Å². The lowest BCUT2D eigenvalue weighted by molar-refractivity contribution is -0.159. The molecule has 2 aromatic carbocycles. The SMILES string of the molecule is C=CCOC(=O)[C@@H]1[C@H]2C(=O)N([C@@H](CO)Cc3ccccc3)C(C(=O)N(CC=C)c3cc(C)ccc3C)C23CC[C@@]1(C)O3. The van der Waals surface area contributed by atoms with Crippen LogP contribution in [0.4, 0.5) is 5.69 Å². The zero-order valence-corrected chi connectivity index (χ0v) is 24.6. The number of hydrogen-bond donors (Lipinski definition) is 1. The van der Waals surface area contributed by atoms with E-state index in [2.05, 4.69) is 13.2 Å². The molecule has 3 saturated heterocycles. The van der Waals surface area contributed by atoms with Gasteiger partial charge in [0, 0.05) is 12.2 Å². The van der Waals surface area contributed by atoms with E-state index in [0.29, 0.717) is 19.3 Å². The van der Waals surface area contributed by atoms with Gasteiger partial charge in [-0.3, -0.25) is 14.4 Å². The molecule has 3 aliphatic heterocycles. The van der Waals surface area contributed by atoms with Crippen molar-refractivity contribution in [1.82, 2.24) is 4.90 Å². The summed E-state index contributed by atoms with van der Waals surface area (Å²) >= 11 is 0. The molecule has 3 aliphatic rings. The maximum atomic E-state index is 14.9. The van der Waals surface area contributed by atoms with Crippen LogP contribution >= 0.6 is 0 Å². The van der Waals surface area contributed by atoms with E-state index in [-0.39, 0.29) is 31.6 Å². The molecule has 1 N–H and O–H groups in total. The highest BCUT2D eigenvalue weighted by atomic mass is 16.6. The molecule has 2 unspecified atom stereocenters. The normalized spacial score (nSPS) is 28.3. The summed E-state index contributed by atoms with van der Waals surface area (Å²) in [6, 6.07) is 13.7. The quantitative estimate of drug-likeness (QED) is 0.324. The summed E-state index contributed by atoms with van der Waals surface area (Å²) in [6.07, 6.45) is 4.40. The molecule has 5 rings (SSSR count). The summed E-state index contributed by atoms with van der Waals surface area (Å²) in [5.41, 5.74) is 1.32. The number of carbonyl (C=O) groups excluding carboxylic acids is 3. The Hall–Kier alpha value is -3.75. The Morgan fingerprint density at radius 2 is 1.90 bits per heavy atom. The third-order valence-electron chi connectivity index (χ3n) is 9.20. The van der Waals surface area contributed by atoms with Gasteiger partial charge in [-0.15, -0.1) is 6.58 Å². The molecule has 2 aromatic rings. The van der Waals surface area contributed by atoms with Crippen molar-refractivity contribution in [2.75, 3.05) is 24.7 Å². The smallest absolute Gasteiger partial charge is 0.313 e. The highest BCUT2D eigenvalue weighted by molar-refractivity contribution is 6.05. The lowest BCUT2D eigenvalue weighted by Gasteiger charge is -2.40. The monoisotopic (exact) mass is 572 g/mol. The van der Waals surface area contributed by atoms with E-state index in [1.165, 1.54) is 11.0 Å². The number of anilines is 1. The van der Waals surface area contributed by atoms with Crippen LogP contribution < -0.4 is 4.90 Å². The molecule has 42 heavy (non-hydrogen) atoms. The summed E-state index contributed by atoms with van der Waals surface area (Å²) < 4.78 is 12.2. The number of hydrogen-bond acceptors (Lipinski definition) is 6. The van der Waals surface area contributed by atoms with Crippen molar-refractivity contribution in [3.8, 4) is 0 Å². The molecule has 8 nitrogen and oxygen atoms in total. The summed E-state index contributed by atoms with van der Waals surface area (Å²) in [5, 5.41) is 10.7. The first-order valence-electron chi connectivity index (χ1n) is 14.6. The first kappa shape index (κ1) is 29.7. The van der Waals surface area contributed by atoms with E-state index >= 15 is 0 Å². The molecule has 3 fully saturated rings. The largest absolute Gasteiger partial charge is 0.461 e. The van der Waals surface area contributed by atoms with Crippen molar-refractivity contribution in [3.05, 3.63) is 90.5 Å². The van der Waals surface area contributed by atoms with Gasteiger partial charge in [-0.1, -0.05) is 61.2 Å². The summed E-state index contributed by atoms with van der Waals surface area (Å²) in [7, 11) is 0. The number of benzene rings is 2. The van der Waals surface area contributed by atoms with Crippen LogP contribution in [-0.4, -0.2) is 70.8 Å². The van der Waals surface area contributed by atoms with Gasteiger partial charge in [0.15, 0.2) is 0 Å². The minimum atomic E-state index is -1.25. The molecule has 0 aromatic heterocycles. The number of aliphatic hydroxyl groups is 1. The predicted molar refractivity (Wildman–Crippen MR) is 160 cm³/mol. The van der Waals surface area contributed by atoms with Crippen LogP contribution in [0.2, 0.25) is 0 Å². The first-order valence-corrected chi connectivity index (χ1v) is 14.6. The van der Waals surface area contributed by atoms with Crippen LogP contribution in [0.5, 0.6) is 0 Å². The Kier molecular flexibility index (Phi) is 8.14. The van der Waals surface area contributed by atoms with Gasteiger partial charge in [-0.05, 0) is 62.8 Å². The first-order chi connectivity index (χ1) is 20.1. The highest BCUT2D eigenvalue weighted by Crippen LogP contribution is 2.64. The number of rotatable bonds is 11. The van der Waals surface area contributed by atoms with Crippen molar-refractivity contribution in [3.63, 3.8) is 0 Å². The third kappa shape index (κ3) is 4.76. The van der Waals surface area contributed by atoms with Crippen molar-refractivity contribution in [2.24, 2.45) is 11.8 Å². The van der Waals surface area contributed by atoms with Crippen LogP contribution in [0.3, 0.4) is 0 Å². The molecule has 8 heteroatoms. The van der Waals surface area contributed by atoms with Crippen LogP contribution in [0, 0.1) is 25.7 Å². The van der Waals surface area contributed by atoms with Gasteiger partial charge in [0.25, 0.3) is 5.91 Å². The van der Waals surface area contributed by atoms with Gasteiger partial charge < -0.3 is 24.4 Å². The topological polar surface area (TPSA) is 96.4 Å². The molecule has 0 radical (unpaired) electrons. The minimum Gasteiger partial charge on any atom is -0.461 e. The summed E-state index contributed by atoms with van der Waals surface area (Å²) in [5.74, 6) is -3.03. The lowest BCUT2D eigenvalue weighted by Crippen LogP contribution is -2.59. The van der Waals surface area contributed by atoms with E-state index < -0.39 is 41.1 Å². The van der Waals surface area contributed by atoms with E-state index in [4.69, 9.17) is 9.47 Å². The van der Waals surface area contributed by atoms with Gasteiger partial charge in [-0.25, -0.2) is 0 Å². The van der Waals surface area contributed by atoms with Crippen molar-refractivity contribution >= 4 is 23.5 Å². The number of aryl methyl sites for hydroxylation is 2. The molecule has 0 aliphatic carbocycles. The molecular formula is C34H40N2O6. The fourth-order valence-corrected chi connectivity index (χ4v) is 7.36. The molecule has 2 amide bonds. The molecule has 3 heterocycles. The van der Waals surface area contributed by atoms with Crippen molar-refractivity contribution in [2.45, 2.75) is 63.3 Å². The Balaban J connectivity index is 1.64. The molecule has 6 atom stereocenters. The predicted octanol–water partition coefficient (Wildman–Crippen LogP) is 3.92. The number of aliphatic hydroxyl groups excluding tert-OH is 1. The van der Waals surface area contributed by atoms with Crippen molar-refractivity contribution in [1.29, 1.82) is 0 Å². The standard InChI is InChI=1S/C34H40N2O6/c1-6-17-35(26-19-22(3)13-14-23(26)4)31(39)29-34-16-15-33(5,42-34)28(32(40)41-18-7-2)27(34)30(38)36(29)25(21-37)20-24-11-9-8-10-12-24/h6-14,19,25,27-29,37H,1-2,15-18,20-21H2,3-5H3/t25-,27+,28+,29?,33-,34?/m1/s1. The number of likely N-dealkylation sites (tertiary alicyclic amines) is 1. The fraction of sp³-hybridized carbons (Fsp3) is 0.441. The molecule has 2 bridgehead atoms. The number of nitrogens with zero attached hydrogens (tertiary/aromatic N) is 2. The Labute approximate surface area is 247 Å². The lowest BCUT2D eigenvalue weighted by atomic mass is 9.66. The van der Waals surface area contributed by atoms with Crippen molar-refractivity contribution < 1.29 is 29.0 Å². The third-order valence-corrected chi connectivity index (χ3v) is 9.20. The number of esters is 1. The second-order valence-electron chi connectivity index (χ2n) is 11.9. The maximum absolute atomic E-state index is 14.9. The van der Waals surface area contributed by atoms with Crippen LogP contribution in [-0.2, 0) is 30.3 Å². The van der Waals surface area contributed by atoms with E-state index in [9.17, 15) is 19.5 Å². The van der Waals surface area contributed by atoms with E-state index in [1.54, 1.807) is 11.0 Å².